The first kappa shape index (κ1) is 11.7. The Morgan fingerprint density at radius 2 is 2.00 bits per heavy atom. The van der Waals surface area contributed by atoms with Crippen molar-refractivity contribution >= 4 is 10.8 Å². The number of hydrogen-bond acceptors (Lipinski definition) is 2. The van der Waals surface area contributed by atoms with Crippen LogP contribution < -0.4 is 0 Å². The van der Waals surface area contributed by atoms with Crippen LogP contribution in [0.25, 0.3) is 10.8 Å². The van der Waals surface area contributed by atoms with Gasteiger partial charge in [-0.2, -0.15) is 0 Å². The molecular weight excluding hydrogens is 224 g/mol. The van der Waals surface area contributed by atoms with Crippen LogP contribution >= 0.6 is 0 Å². The van der Waals surface area contributed by atoms with E-state index in [0.717, 1.165) is 32.5 Å². The number of benzene rings is 2. The van der Waals surface area contributed by atoms with Crippen molar-refractivity contribution < 1.29 is 9.47 Å². The average Bonchev–Trinajstić information content (AvgIpc) is 2.92. The lowest BCUT2D eigenvalue weighted by atomic mass is 10.0. The highest BCUT2D eigenvalue weighted by Gasteiger charge is 2.15. The van der Waals surface area contributed by atoms with Gasteiger partial charge in [0, 0.05) is 13.0 Å². The molecule has 1 aliphatic heterocycles. The summed E-state index contributed by atoms with van der Waals surface area (Å²) in [5.41, 5.74) is 1.35. The Balaban J connectivity index is 1.66. The number of rotatable bonds is 4. The third-order valence-electron chi connectivity index (χ3n) is 3.44. The summed E-state index contributed by atoms with van der Waals surface area (Å²) in [5.74, 6) is 0. The first-order valence-corrected chi connectivity index (χ1v) is 6.63. The van der Waals surface area contributed by atoms with Crippen molar-refractivity contribution in [3.05, 3.63) is 48.0 Å². The maximum atomic E-state index is 5.73. The van der Waals surface area contributed by atoms with E-state index in [0.29, 0.717) is 0 Å². The predicted molar refractivity (Wildman–Crippen MR) is 72.6 cm³/mol. The molecule has 0 saturated carbocycles. The van der Waals surface area contributed by atoms with Crippen LogP contribution in [0, 0.1) is 0 Å². The van der Waals surface area contributed by atoms with E-state index in [1.807, 2.05) is 0 Å². The molecule has 0 aromatic heterocycles. The lowest BCUT2D eigenvalue weighted by Crippen LogP contribution is -2.12. The van der Waals surface area contributed by atoms with Crippen molar-refractivity contribution in [1.29, 1.82) is 0 Å². The van der Waals surface area contributed by atoms with Crippen molar-refractivity contribution in [2.75, 3.05) is 13.2 Å². The summed E-state index contributed by atoms with van der Waals surface area (Å²) in [6.45, 7) is 1.58. The molecule has 0 bridgehead atoms. The standard InChI is InChI=1S/C16H18O2/c1-2-8-15-13(5-1)6-3-7-14(15)10-12-18-16-9-4-11-17-16/h1-3,5-8,16H,4,9-12H2. The Kier molecular flexibility index (Phi) is 3.58. The zero-order chi connectivity index (χ0) is 12.2. The van der Waals surface area contributed by atoms with Gasteiger partial charge in [0.2, 0.25) is 0 Å². The Morgan fingerprint density at radius 1 is 1.11 bits per heavy atom. The molecule has 1 saturated heterocycles. The molecule has 1 unspecified atom stereocenters. The third-order valence-corrected chi connectivity index (χ3v) is 3.44. The van der Waals surface area contributed by atoms with Crippen LogP contribution in [0.1, 0.15) is 18.4 Å². The molecule has 0 spiro atoms. The third kappa shape index (κ3) is 2.55. The Labute approximate surface area is 108 Å². The van der Waals surface area contributed by atoms with Gasteiger partial charge in [-0.25, -0.2) is 0 Å². The molecule has 2 heteroatoms. The van der Waals surface area contributed by atoms with Gasteiger partial charge in [-0.15, -0.1) is 0 Å². The van der Waals surface area contributed by atoms with Crippen LogP contribution in [0.5, 0.6) is 0 Å². The SMILES string of the molecule is c1ccc2c(CCOC3CCCO3)cccc2c1. The van der Waals surface area contributed by atoms with E-state index in [1.54, 1.807) is 0 Å². The molecule has 1 aliphatic rings. The number of ether oxygens (including phenoxy) is 2. The molecule has 3 rings (SSSR count). The van der Waals surface area contributed by atoms with E-state index in [1.165, 1.54) is 16.3 Å². The Hall–Kier alpha value is -1.38. The number of hydrogen-bond donors (Lipinski definition) is 0. The first-order chi connectivity index (χ1) is 8.93. The van der Waals surface area contributed by atoms with Crippen LogP contribution in [0.4, 0.5) is 0 Å². The summed E-state index contributed by atoms with van der Waals surface area (Å²) < 4.78 is 11.2. The lowest BCUT2D eigenvalue weighted by molar-refractivity contribution is -0.109. The summed E-state index contributed by atoms with van der Waals surface area (Å²) in [6.07, 6.45) is 3.13. The van der Waals surface area contributed by atoms with Crippen molar-refractivity contribution in [2.45, 2.75) is 25.6 Å². The second kappa shape index (κ2) is 5.51. The molecule has 0 N–H and O–H groups in total. The normalized spacial score (nSPS) is 19.4. The molecular formula is C16H18O2. The highest BCUT2D eigenvalue weighted by molar-refractivity contribution is 5.85. The van der Waals surface area contributed by atoms with Crippen LogP contribution in [-0.4, -0.2) is 19.5 Å². The zero-order valence-corrected chi connectivity index (χ0v) is 10.5. The van der Waals surface area contributed by atoms with E-state index in [4.69, 9.17) is 9.47 Å². The first-order valence-electron chi connectivity index (χ1n) is 6.63. The molecule has 1 heterocycles. The second-order valence-corrected chi connectivity index (χ2v) is 4.70. The minimum atomic E-state index is 0.0278. The molecule has 1 atom stereocenters. The lowest BCUT2D eigenvalue weighted by Gasteiger charge is -2.11. The monoisotopic (exact) mass is 242 g/mol. The Morgan fingerprint density at radius 3 is 2.89 bits per heavy atom. The molecule has 94 valence electrons. The maximum absolute atomic E-state index is 5.73. The van der Waals surface area contributed by atoms with E-state index in [-0.39, 0.29) is 6.29 Å². The minimum absolute atomic E-state index is 0.0278. The molecule has 0 radical (unpaired) electrons. The summed E-state index contributed by atoms with van der Waals surface area (Å²) in [5, 5.41) is 2.63. The topological polar surface area (TPSA) is 18.5 Å². The highest BCUT2D eigenvalue weighted by atomic mass is 16.7. The van der Waals surface area contributed by atoms with E-state index in [9.17, 15) is 0 Å². The maximum Gasteiger partial charge on any atom is 0.157 e. The quantitative estimate of drug-likeness (QED) is 0.816. The van der Waals surface area contributed by atoms with E-state index >= 15 is 0 Å². The molecule has 2 aromatic carbocycles. The highest BCUT2D eigenvalue weighted by Crippen LogP contribution is 2.19. The molecule has 0 aliphatic carbocycles. The Bertz CT molecular complexity index is 510. The molecule has 2 nitrogen and oxygen atoms in total. The van der Waals surface area contributed by atoms with Crippen LogP contribution in [-0.2, 0) is 15.9 Å². The van der Waals surface area contributed by atoms with Gasteiger partial charge in [-0.05, 0) is 29.2 Å². The van der Waals surface area contributed by atoms with Crippen molar-refractivity contribution in [1.82, 2.24) is 0 Å². The zero-order valence-electron chi connectivity index (χ0n) is 10.5. The predicted octanol–water partition coefficient (Wildman–Crippen LogP) is 3.54. The van der Waals surface area contributed by atoms with Gasteiger partial charge >= 0.3 is 0 Å². The van der Waals surface area contributed by atoms with Crippen LogP contribution in [0.15, 0.2) is 42.5 Å². The molecule has 0 amide bonds. The fraction of sp³-hybridized carbons (Fsp3) is 0.375. The van der Waals surface area contributed by atoms with Gasteiger partial charge < -0.3 is 9.47 Å². The largest absolute Gasteiger partial charge is 0.353 e. The van der Waals surface area contributed by atoms with Crippen molar-refractivity contribution in [3.8, 4) is 0 Å². The van der Waals surface area contributed by atoms with Gasteiger partial charge in [0.25, 0.3) is 0 Å². The van der Waals surface area contributed by atoms with E-state index in [2.05, 4.69) is 42.5 Å². The van der Waals surface area contributed by atoms with E-state index < -0.39 is 0 Å². The van der Waals surface area contributed by atoms with Crippen LogP contribution in [0.3, 0.4) is 0 Å². The van der Waals surface area contributed by atoms with Crippen molar-refractivity contribution in [2.24, 2.45) is 0 Å². The molecule has 1 fully saturated rings. The fourth-order valence-electron chi connectivity index (χ4n) is 2.49. The smallest absolute Gasteiger partial charge is 0.157 e. The second-order valence-electron chi connectivity index (χ2n) is 4.70. The summed E-state index contributed by atoms with van der Waals surface area (Å²) in [6, 6.07) is 14.9. The molecule has 2 aromatic rings. The van der Waals surface area contributed by atoms with Gasteiger partial charge in [0.05, 0.1) is 6.61 Å². The number of fused-ring (bicyclic) bond motifs is 1. The summed E-state index contributed by atoms with van der Waals surface area (Å²) >= 11 is 0. The van der Waals surface area contributed by atoms with Crippen molar-refractivity contribution in [3.63, 3.8) is 0 Å². The van der Waals surface area contributed by atoms with Gasteiger partial charge in [-0.3, -0.25) is 0 Å². The minimum Gasteiger partial charge on any atom is -0.353 e. The fourth-order valence-corrected chi connectivity index (χ4v) is 2.49. The summed E-state index contributed by atoms with van der Waals surface area (Å²) in [4.78, 5) is 0. The van der Waals surface area contributed by atoms with Gasteiger partial charge in [-0.1, -0.05) is 42.5 Å². The van der Waals surface area contributed by atoms with Gasteiger partial charge in [0.1, 0.15) is 0 Å². The van der Waals surface area contributed by atoms with Gasteiger partial charge in [0.15, 0.2) is 6.29 Å². The average molecular weight is 242 g/mol. The molecule has 18 heavy (non-hydrogen) atoms. The summed E-state index contributed by atoms with van der Waals surface area (Å²) in [7, 11) is 0. The van der Waals surface area contributed by atoms with Crippen LogP contribution in [0.2, 0.25) is 0 Å².